The van der Waals surface area contributed by atoms with Crippen molar-refractivity contribution in [2.75, 3.05) is 12.3 Å². The first kappa shape index (κ1) is 19.7. The van der Waals surface area contributed by atoms with Crippen molar-refractivity contribution in [3.8, 4) is 0 Å². The normalized spacial score (nSPS) is 10.9. The van der Waals surface area contributed by atoms with Crippen molar-refractivity contribution in [3.63, 3.8) is 0 Å². The van der Waals surface area contributed by atoms with Gasteiger partial charge in [-0.05, 0) is 12.3 Å². The van der Waals surface area contributed by atoms with Gasteiger partial charge in [-0.3, -0.25) is 0 Å². The van der Waals surface area contributed by atoms with Gasteiger partial charge in [-0.25, -0.2) is 0 Å². The maximum atomic E-state index is 9.47. The zero-order chi connectivity index (χ0) is 10.4. The van der Waals surface area contributed by atoms with Crippen LogP contribution in [0.2, 0.25) is 0 Å². The summed E-state index contributed by atoms with van der Waals surface area (Å²) in [5.41, 5.74) is 0. The molecule has 0 aliphatic heterocycles. The van der Waals surface area contributed by atoms with Crippen molar-refractivity contribution in [1.29, 1.82) is 0 Å². The fraction of sp³-hybridized carbons (Fsp3) is 1.00. The molecule has 9 heteroatoms. The van der Waals surface area contributed by atoms with E-state index >= 15 is 0 Å². The Bertz CT molecular complexity index is 173. The summed E-state index contributed by atoms with van der Waals surface area (Å²) in [5, 5.41) is 0. The standard InChI is InChI=1S/2C2H7O3P.Zr/c2*1-2-6(3,4)5;/h2*2H2,1H3,(H2,3,4,5);/q;;+4/p-4. The first-order chi connectivity index (χ1) is 5.12. The van der Waals surface area contributed by atoms with E-state index in [0.29, 0.717) is 0 Å². The van der Waals surface area contributed by atoms with Crippen molar-refractivity contribution in [2.24, 2.45) is 0 Å². The number of hydrogen-bond donors (Lipinski definition) is 0. The van der Waals surface area contributed by atoms with Gasteiger partial charge >= 0.3 is 26.2 Å². The minimum absolute atomic E-state index is 0. The average molecular weight is 307 g/mol. The number of rotatable bonds is 2. The molecule has 0 N–H and O–H groups in total. The second-order valence-corrected chi connectivity index (χ2v) is 5.56. The molecule has 0 heterocycles. The van der Waals surface area contributed by atoms with Crippen LogP contribution in [0.25, 0.3) is 0 Å². The molecule has 0 aromatic carbocycles. The molecule has 0 aliphatic carbocycles. The predicted molar refractivity (Wildman–Crippen MR) is 36.3 cm³/mol. The maximum absolute atomic E-state index is 9.47. The Morgan fingerprint density at radius 2 is 0.923 bits per heavy atom. The quantitative estimate of drug-likeness (QED) is 0.535. The molecule has 13 heavy (non-hydrogen) atoms. The summed E-state index contributed by atoms with van der Waals surface area (Å²) < 4.78 is 18.9. The molecule has 0 atom stereocenters. The van der Waals surface area contributed by atoms with E-state index in [1.54, 1.807) is 0 Å². The molecule has 0 bridgehead atoms. The topological polar surface area (TPSA) is 126 Å². The maximum Gasteiger partial charge on any atom is 4.00 e. The Kier molecular flexibility index (Phi) is 12.9. The Labute approximate surface area is 96.2 Å². The van der Waals surface area contributed by atoms with Crippen LogP contribution in [-0.4, -0.2) is 12.3 Å². The van der Waals surface area contributed by atoms with Crippen LogP contribution in [0.3, 0.4) is 0 Å². The van der Waals surface area contributed by atoms with Gasteiger partial charge in [0, 0.05) is 0 Å². The van der Waals surface area contributed by atoms with Gasteiger partial charge in [-0.15, -0.1) is 0 Å². The molecule has 6 nitrogen and oxygen atoms in total. The van der Waals surface area contributed by atoms with Crippen LogP contribution < -0.4 is 19.6 Å². The van der Waals surface area contributed by atoms with E-state index in [-0.39, 0.29) is 38.5 Å². The van der Waals surface area contributed by atoms with Crippen LogP contribution in [0.1, 0.15) is 13.8 Å². The van der Waals surface area contributed by atoms with Gasteiger partial charge in [0.2, 0.25) is 0 Å². The molecule has 0 saturated heterocycles. The zero-order valence-corrected chi connectivity index (χ0v) is 11.5. The smallest absolute Gasteiger partial charge is 0.811 e. The molecule has 0 saturated carbocycles. The van der Waals surface area contributed by atoms with E-state index in [4.69, 9.17) is 0 Å². The first-order valence-electron chi connectivity index (χ1n) is 3.14. The monoisotopic (exact) mass is 306 g/mol. The SMILES string of the molecule is CCP(=O)([O-])[O-].CCP(=O)([O-])[O-].[Zr+4]. The summed E-state index contributed by atoms with van der Waals surface area (Å²) in [6.45, 7) is 2.64. The largest absolute Gasteiger partial charge is 4.00 e. The second kappa shape index (κ2) is 8.49. The summed E-state index contributed by atoms with van der Waals surface area (Å²) >= 11 is 0. The minimum atomic E-state index is -4.15. The van der Waals surface area contributed by atoms with E-state index < -0.39 is 15.2 Å². The van der Waals surface area contributed by atoms with Crippen molar-refractivity contribution >= 4 is 15.2 Å². The summed E-state index contributed by atoms with van der Waals surface area (Å²) in [6, 6.07) is 0. The van der Waals surface area contributed by atoms with Gasteiger partial charge in [0.25, 0.3) is 0 Å². The van der Waals surface area contributed by atoms with Crippen LogP contribution in [0.4, 0.5) is 0 Å². The van der Waals surface area contributed by atoms with Gasteiger partial charge in [-0.1, -0.05) is 29.0 Å². The van der Waals surface area contributed by atoms with Gasteiger partial charge in [-0.2, -0.15) is 0 Å². The van der Waals surface area contributed by atoms with E-state index in [0.717, 1.165) is 0 Å². The molecule has 0 fully saturated rings. The van der Waals surface area contributed by atoms with Crippen molar-refractivity contribution in [3.05, 3.63) is 0 Å². The third-order valence-electron chi connectivity index (χ3n) is 0.775. The third kappa shape index (κ3) is 32.0. The predicted octanol–water partition coefficient (Wildman–Crippen LogP) is -2.16. The molecule has 0 rings (SSSR count). The summed E-state index contributed by atoms with van der Waals surface area (Å²) in [4.78, 5) is 37.9. The molecular weight excluding hydrogens is 297 g/mol. The second-order valence-electron chi connectivity index (χ2n) is 1.85. The van der Waals surface area contributed by atoms with Gasteiger partial charge in [0.1, 0.15) is 0 Å². The van der Waals surface area contributed by atoms with Gasteiger partial charge in [0.05, 0.1) is 0 Å². The van der Waals surface area contributed by atoms with Crippen molar-refractivity contribution < 1.29 is 54.9 Å². The Morgan fingerprint density at radius 3 is 0.923 bits per heavy atom. The molecule has 0 aromatic rings. The summed E-state index contributed by atoms with van der Waals surface area (Å²) in [6.07, 6.45) is -0.569. The van der Waals surface area contributed by atoms with Crippen LogP contribution in [0, 0.1) is 0 Å². The third-order valence-corrected chi connectivity index (χ3v) is 2.32. The first-order valence-corrected chi connectivity index (χ1v) is 6.60. The molecule has 0 amide bonds. The molecular formula is C4H10O6P2Zr. The molecule has 0 aliphatic rings. The van der Waals surface area contributed by atoms with Crippen LogP contribution in [-0.2, 0) is 35.3 Å². The fourth-order valence-corrected chi connectivity index (χ4v) is 0. The molecule has 0 unspecified atom stereocenters. The van der Waals surface area contributed by atoms with Gasteiger partial charge in [0.15, 0.2) is 0 Å². The van der Waals surface area contributed by atoms with Crippen molar-refractivity contribution in [2.45, 2.75) is 13.8 Å². The van der Waals surface area contributed by atoms with E-state index in [1.807, 2.05) is 0 Å². The molecule has 0 radical (unpaired) electrons. The zero-order valence-electron chi connectivity index (χ0n) is 7.26. The number of hydrogen-bond acceptors (Lipinski definition) is 6. The summed E-state index contributed by atoms with van der Waals surface area (Å²) in [7, 11) is -8.29. The molecule has 76 valence electrons. The fourth-order valence-electron chi connectivity index (χ4n) is 0. The van der Waals surface area contributed by atoms with Crippen LogP contribution >= 0.6 is 15.2 Å². The van der Waals surface area contributed by atoms with E-state index in [9.17, 15) is 28.7 Å². The summed E-state index contributed by atoms with van der Waals surface area (Å²) in [5.74, 6) is 0. The van der Waals surface area contributed by atoms with Crippen LogP contribution in [0.15, 0.2) is 0 Å². The van der Waals surface area contributed by atoms with Gasteiger partial charge < -0.3 is 28.7 Å². The van der Waals surface area contributed by atoms with E-state index in [2.05, 4.69) is 0 Å². The Hall–Kier alpha value is 1.18. The van der Waals surface area contributed by atoms with E-state index in [1.165, 1.54) is 13.8 Å². The van der Waals surface area contributed by atoms with Crippen molar-refractivity contribution in [1.82, 2.24) is 0 Å². The van der Waals surface area contributed by atoms with Crippen LogP contribution in [0.5, 0.6) is 0 Å². The Morgan fingerprint density at radius 1 is 0.846 bits per heavy atom. The minimum Gasteiger partial charge on any atom is -0.811 e. The average Bonchev–Trinajstić information content (AvgIpc) is 1.86. The Balaban J connectivity index is -0.000000143. The molecule has 0 aromatic heterocycles. The molecule has 0 spiro atoms.